The predicted octanol–water partition coefficient (Wildman–Crippen LogP) is 3.78. The summed E-state index contributed by atoms with van der Waals surface area (Å²) in [6.07, 6.45) is 2.55. The average Bonchev–Trinajstić information content (AvgIpc) is 3.30. The van der Waals surface area contributed by atoms with Gasteiger partial charge < -0.3 is 19.0 Å². The number of ether oxygens (including phenoxy) is 1. The Kier molecular flexibility index (Phi) is 6.99. The van der Waals surface area contributed by atoms with Crippen molar-refractivity contribution in [2.24, 2.45) is 7.05 Å². The number of benzene rings is 1. The number of nitrogens with one attached hydrogen (secondary N) is 2. The number of carbonyl (C=O) groups is 1. The van der Waals surface area contributed by atoms with Crippen molar-refractivity contribution in [3.05, 3.63) is 70.5 Å². The Bertz CT molecular complexity index is 1680. The standard InChI is InChI=1S/C24H22F2N4O6S/c1-4-27-22(31)20-10-16-21(35-20)17(12-30(3)24(16)32)15-9-14(29-37(33,34)5-2)11-28-23(15)36-19-7-6-13(25)8-18(19)26/h6-12,29H,4-5H2,1-3H3,(H,27,31). The zero-order chi connectivity index (χ0) is 26.9. The van der Waals surface area contributed by atoms with Gasteiger partial charge in [0.05, 0.1) is 28.6 Å². The molecule has 0 unspecified atom stereocenters. The molecule has 0 aliphatic rings. The molecule has 1 aromatic carbocycles. The summed E-state index contributed by atoms with van der Waals surface area (Å²) in [5.41, 5.74) is -0.0825. The molecule has 0 aliphatic heterocycles. The monoisotopic (exact) mass is 532 g/mol. The molecule has 194 valence electrons. The van der Waals surface area contributed by atoms with Crippen molar-refractivity contribution in [3.63, 3.8) is 0 Å². The molecule has 10 nitrogen and oxygen atoms in total. The van der Waals surface area contributed by atoms with Gasteiger partial charge in [0.15, 0.2) is 17.3 Å². The van der Waals surface area contributed by atoms with Crippen LogP contribution in [0.25, 0.3) is 22.1 Å². The van der Waals surface area contributed by atoms with Gasteiger partial charge in [-0.2, -0.15) is 0 Å². The van der Waals surface area contributed by atoms with Crippen molar-refractivity contribution in [2.75, 3.05) is 17.0 Å². The summed E-state index contributed by atoms with van der Waals surface area (Å²) in [6.45, 7) is 3.50. The third-order valence-corrected chi connectivity index (χ3v) is 6.61. The number of carbonyl (C=O) groups excluding carboxylic acids is 1. The summed E-state index contributed by atoms with van der Waals surface area (Å²) >= 11 is 0. The second kappa shape index (κ2) is 10.0. The minimum absolute atomic E-state index is 0.00563. The summed E-state index contributed by atoms with van der Waals surface area (Å²) in [7, 11) is -2.22. The molecular weight excluding hydrogens is 510 g/mol. The quantitative estimate of drug-likeness (QED) is 0.353. The number of fused-ring (bicyclic) bond motifs is 1. The van der Waals surface area contributed by atoms with Crippen LogP contribution in [0.15, 0.2) is 51.9 Å². The molecule has 0 spiro atoms. The van der Waals surface area contributed by atoms with Crippen LogP contribution in [0.1, 0.15) is 24.4 Å². The fourth-order valence-electron chi connectivity index (χ4n) is 3.50. The molecule has 3 heterocycles. The van der Waals surface area contributed by atoms with Crippen LogP contribution >= 0.6 is 0 Å². The van der Waals surface area contributed by atoms with E-state index in [1.165, 1.54) is 36.9 Å². The summed E-state index contributed by atoms with van der Waals surface area (Å²) in [4.78, 5) is 29.3. The minimum Gasteiger partial charge on any atom is -0.450 e. The van der Waals surface area contributed by atoms with Gasteiger partial charge in [-0.05, 0) is 32.0 Å². The van der Waals surface area contributed by atoms with E-state index in [1.807, 2.05) is 0 Å². The summed E-state index contributed by atoms with van der Waals surface area (Å²) in [5.74, 6) is -3.22. The summed E-state index contributed by atoms with van der Waals surface area (Å²) in [6, 6.07) is 5.36. The lowest BCUT2D eigenvalue weighted by Gasteiger charge is -2.14. The largest absolute Gasteiger partial charge is 0.450 e. The highest BCUT2D eigenvalue weighted by Gasteiger charge is 2.23. The fourth-order valence-corrected chi connectivity index (χ4v) is 4.11. The van der Waals surface area contributed by atoms with E-state index in [1.54, 1.807) is 6.92 Å². The van der Waals surface area contributed by atoms with Crippen molar-refractivity contribution in [2.45, 2.75) is 13.8 Å². The van der Waals surface area contributed by atoms with Gasteiger partial charge in [0.25, 0.3) is 11.5 Å². The number of aryl methyl sites for hydroxylation is 1. The number of furan rings is 1. The van der Waals surface area contributed by atoms with Crippen LogP contribution in [0, 0.1) is 11.6 Å². The second-order valence-electron chi connectivity index (χ2n) is 7.93. The van der Waals surface area contributed by atoms with Crippen molar-refractivity contribution in [1.29, 1.82) is 0 Å². The van der Waals surface area contributed by atoms with Gasteiger partial charge in [0.1, 0.15) is 11.4 Å². The molecule has 1 amide bonds. The van der Waals surface area contributed by atoms with Crippen LogP contribution in [0.5, 0.6) is 11.6 Å². The minimum atomic E-state index is -3.69. The number of rotatable bonds is 8. The highest BCUT2D eigenvalue weighted by Crippen LogP contribution is 2.38. The van der Waals surface area contributed by atoms with Crippen molar-refractivity contribution < 1.29 is 31.1 Å². The summed E-state index contributed by atoms with van der Waals surface area (Å²) in [5, 5.41) is 2.65. The molecule has 37 heavy (non-hydrogen) atoms. The Labute approximate surface area is 209 Å². The molecule has 0 fully saturated rings. The molecule has 0 saturated heterocycles. The Morgan fingerprint density at radius 1 is 1.16 bits per heavy atom. The average molecular weight is 533 g/mol. The molecule has 2 N–H and O–H groups in total. The molecular formula is C24H22F2N4O6S. The molecule has 4 aromatic rings. The van der Waals surface area contributed by atoms with Crippen LogP contribution in [0.4, 0.5) is 14.5 Å². The maximum absolute atomic E-state index is 14.4. The molecule has 0 radical (unpaired) electrons. The van der Waals surface area contributed by atoms with Gasteiger partial charge in [-0.15, -0.1) is 0 Å². The molecule has 0 atom stereocenters. The number of nitrogens with zero attached hydrogens (tertiary/aromatic N) is 2. The van der Waals surface area contributed by atoms with Crippen LogP contribution in [-0.4, -0.2) is 36.2 Å². The SMILES string of the molecule is CCNC(=O)c1cc2c(=O)n(C)cc(-c3cc(NS(=O)(=O)CC)cnc3Oc3ccc(F)cc3F)c2o1. The van der Waals surface area contributed by atoms with Gasteiger partial charge in [-0.1, -0.05) is 0 Å². The molecule has 13 heteroatoms. The smallest absolute Gasteiger partial charge is 0.287 e. The maximum atomic E-state index is 14.4. The highest BCUT2D eigenvalue weighted by atomic mass is 32.2. The van der Waals surface area contributed by atoms with Gasteiger partial charge in [-0.25, -0.2) is 22.2 Å². The molecule has 4 rings (SSSR count). The van der Waals surface area contributed by atoms with E-state index in [-0.39, 0.29) is 50.9 Å². The predicted molar refractivity (Wildman–Crippen MR) is 132 cm³/mol. The van der Waals surface area contributed by atoms with Crippen molar-refractivity contribution in [3.8, 4) is 22.8 Å². The number of hydrogen-bond acceptors (Lipinski definition) is 7. The number of amides is 1. The fraction of sp³-hybridized carbons (Fsp3) is 0.208. The zero-order valence-corrected chi connectivity index (χ0v) is 20.8. The third-order valence-electron chi connectivity index (χ3n) is 5.31. The van der Waals surface area contributed by atoms with Crippen molar-refractivity contribution in [1.82, 2.24) is 14.9 Å². The number of hydrogen-bond donors (Lipinski definition) is 2. The Hall–Kier alpha value is -4.26. The number of halogens is 2. The van der Waals surface area contributed by atoms with Gasteiger partial charge in [0.2, 0.25) is 15.9 Å². The van der Waals surface area contributed by atoms with Gasteiger partial charge >= 0.3 is 0 Å². The van der Waals surface area contributed by atoms with E-state index in [0.717, 1.165) is 18.3 Å². The third kappa shape index (κ3) is 5.31. The van der Waals surface area contributed by atoms with E-state index in [4.69, 9.17) is 9.15 Å². The van der Waals surface area contributed by atoms with Crippen LogP contribution in [0.2, 0.25) is 0 Å². The van der Waals surface area contributed by atoms with E-state index >= 15 is 0 Å². The van der Waals surface area contributed by atoms with E-state index < -0.39 is 33.1 Å². The highest BCUT2D eigenvalue weighted by molar-refractivity contribution is 7.92. The number of pyridine rings is 2. The topological polar surface area (TPSA) is 133 Å². The lowest BCUT2D eigenvalue weighted by molar-refractivity contribution is 0.0930. The number of anilines is 1. The molecule has 0 saturated carbocycles. The van der Waals surface area contributed by atoms with E-state index in [0.29, 0.717) is 12.6 Å². The van der Waals surface area contributed by atoms with Crippen LogP contribution in [-0.2, 0) is 17.1 Å². The first-order valence-electron chi connectivity index (χ1n) is 11.1. The zero-order valence-electron chi connectivity index (χ0n) is 20.0. The Morgan fingerprint density at radius 3 is 2.59 bits per heavy atom. The van der Waals surface area contributed by atoms with Crippen molar-refractivity contribution >= 4 is 32.6 Å². The summed E-state index contributed by atoms with van der Waals surface area (Å²) < 4.78 is 67.1. The number of sulfonamides is 1. The number of aromatic nitrogens is 2. The second-order valence-corrected chi connectivity index (χ2v) is 9.94. The van der Waals surface area contributed by atoms with Gasteiger partial charge in [-0.3, -0.25) is 14.3 Å². The van der Waals surface area contributed by atoms with Gasteiger partial charge in [0, 0.05) is 37.5 Å². The van der Waals surface area contributed by atoms with E-state index in [2.05, 4.69) is 15.0 Å². The maximum Gasteiger partial charge on any atom is 0.287 e. The Morgan fingerprint density at radius 2 is 1.92 bits per heavy atom. The van der Waals surface area contributed by atoms with Crippen LogP contribution in [0.3, 0.4) is 0 Å². The van der Waals surface area contributed by atoms with E-state index in [9.17, 15) is 26.8 Å². The van der Waals surface area contributed by atoms with Crippen LogP contribution < -0.4 is 20.3 Å². The Balaban J connectivity index is 1.96. The molecule has 0 aliphatic carbocycles. The molecule has 3 aromatic heterocycles. The lowest BCUT2D eigenvalue weighted by atomic mass is 10.1. The normalized spacial score (nSPS) is 11.5. The first-order chi connectivity index (χ1) is 17.5. The lowest BCUT2D eigenvalue weighted by Crippen LogP contribution is -2.22. The molecule has 0 bridgehead atoms. The first kappa shape index (κ1) is 25.8. The first-order valence-corrected chi connectivity index (χ1v) is 12.7.